The first-order chi connectivity index (χ1) is 6.69. The first-order valence-corrected chi connectivity index (χ1v) is 5.11. The van der Waals surface area contributed by atoms with E-state index >= 15 is 0 Å². The summed E-state index contributed by atoms with van der Waals surface area (Å²) in [5, 5.41) is 0. The van der Waals surface area contributed by atoms with Crippen LogP contribution in [0.2, 0.25) is 0 Å². The number of hydrogen-bond acceptors (Lipinski definition) is 4. The van der Waals surface area contributed by atoms with Crippen LogP contribution in [0.1, 0.15) is 13.8 Å². The maximum Gasteiger partial charge on any atom is 0.221 e. The predicted octanol–water partition coefficient (Wildman–Crippen LogP) is -0.424. The van der Waals surface area contributed by atoms with Crippen molar-refractivity contribution < 1.29 is 4.79 Å². The summed E-state index contributed by atoms with van der Waals surface area (Å²) in [5.41, 5.74) is 0. The zero-order valence-corrected chi connectivity index (χ0v) is 8.94. The Hall–Kier alpha value is -0.650. The van der Waals surface area contributed by atoms with E-state index < -0.39 is 0 Å². The lowest BCUT2D eigenvalue weighted by atomic mass is 10.4. The summed E-state index contributed by atoms with van der Waals surface area (Å²) in [6.45, 7) is 9.42. The van der Waals surface area contributed by atoms with Crippen molar-refractivity contribution in [3.05, 3.63) is 0 Å². The van der Waals surface area contributed by atoms with Gasteiger partial charge in [0.1, 0.15) is 0 Å². The van der Waals surface area contributed by atoms with E-state index in [-0.39, 0.29) is 5.91 Å². The Kier molecular flexibility index (Phi) is 2.71. The molecule has 2 aliphatic heterocycles. The van der Waals surface area contributed by atoms with Crippen LogP contribution in [0.25, 0.3) is 0 Å². The molecular weight excluding hydrogens is 180 g/mol. The summed E-state index contributed by atoms with van der Waals surface area (Å²) in [6, 6.07) is 0. The molecule has 2 saturated heterocycles. The van der Waals surface area contributed by atoms with Crippen molar-refractivity contribution >= 4 is 5.91 Å². The summed E-state index contributed by atoms with van der Waals surface area (Å²) < 4.78 is 0. The van der Waals surface area contributed by atoms with Crippen molar-refractivity contribution in [2.24, 2.45) is 0 Å². The predicted molar refractivity (Wildman–Crippen MR) is 52.9 cm³/mol. The van der Waals surface area contributed by atoms with Crippen LogP contribution in [-0.4, -0.2) is 65.4 Å². The van der Waals surface area contributed by atoms with Crippen LogP contribution in [0.5, 0.6) is 0 Å². The zero-order valence-electron chi connectivity index (χ0n) is 8.94. The molecule has 0 N–H and O–H groups in total. The van der Waals surface area contributed by atoms with Gasteiger partial charge in [-0.2, -0.15) is 0 Å². The summed E-state index contributed by atoms with van der Waals surface area (Å²) in [7, 11) is 0. The normalized spacial score (nSPS) is 33.1. The van der Waals surface area contributed by atoms with Crippen molar-refractivity contribution in [3.8, 4) is 0 Å². The molecule has 1 amide bonds. The fraction of sp³-hybridized carbons (Fsp3) is 0.889. The number of amides is 1. The van der Waals surface area contributed by atoms with E-state index in [1.54, 1.807) is 6.92 Å². The van der Waals surface area contributed by atoms with E-state index in [4.69, 9.17) is 0 Å². The van der Waals surface area contributed by atoms with Gasteiger partial charge in [-0.3, -0.25) is 19.5 Å². The standard InChI is InChI=1S/C9H18N4O/c1-3-10-4-11-6-12(5-10)8-13(7-11)9(2)14/h3-8H2,1-2H3. The average molecular weight is 198 g/mol. The zero-order chi connectivity index (χ0) is 10.1. The van der Waals surface area contributed by atoms with Gasteiger partial charge in [0.15, 0.2) is 0 Å². The lowest BCUT2D eigenvalue weighted by molar-refractivity contribution is -0.154. The summed E-state index contributed by atoms with van der Waals surface area (Å²) in [4.78, 5) is 20.1. The Balaban J connectivity index is 1.98. The Morgan fingerprint density at radius 3 is 2.07 bits per heavy atom. The molecule has 2 heterocycles. The van der Waals surface area contributed by atoms with Gasteiger partial charge in [0.25, 0.3) is 0 Å². The molecule has 0 saturated carbocycles. The molecule has 2 rings (SSSR count). The van der Waals surface area contributed by atoms with E-state index in [0.29, 0.717) is 0 Å². The van der Waals surface area contributed by atoms with Crippen molar-refractivity contribution in [2.75, 3.05) is 39.9 Å². The third-order valence-corrected chi connectivity index (χ3v) is 2.83. The Morgan fingerprint density at radius 1 is 1.07 bits per heavy atom. The molecule has 0 spiro atoms. The third-order valence-electron chi connectivity index (χ3n) is 2.83. The maximum absolute atomic E-state index is 11.2. The van der Waals surface area contributed by atoms with Gasteiger partial charge in [0.05, 0.1) is 33.3 Å². The molecule has 2 unspecified atom stereocenters. The molecule has 2 aliphatic rings. The molecule has 14 heavy (non-hydrogen) atoms. The van der Waals surface area contributed by atoms with Gasteiger partial charge >= 0.3 is 0 Å². The second-order valence-corrected chi connectivity index (χ2v) is 4.09. The van der Waals surface area contributed by atoms with E-state index in [0.717, 1.165) is 39.9 Å². The minimum absolute atomic E-state index is 0.171. The Morgan fingerprint density at radius 2 is 1.64 bits per heavy atom. The van der Waals surface area contributed by atoms with Crippen molar-refractivity contribution in [1.82, 2.24) is 19.6 Å². The molecule has 5 heteroatoms. The van der Waals surface area contributed by atoms with E-state index in [1.807, 2.05) is 4.90 Å². The number of carbonyl (C=O) groups excluding carboxylic acids is 1. The monoisotopic (exact) mass is 198 g/mol. The van der Waals surface area contributed by atoms with Crippen LogP contribution in [0.15, 0.2) is 0 Å². The Bertz CT molecular complexity index is 219. The molecule has 0 aromatic rings. The summed E-state index contributed by atoms with van der Waals surface area (Å²) in [5.74, 6) is 0.171. The molecule has 0 aliphatic carbocycles. The summed E-state index contributed by atoms with van der Waals surface area (Å²) >= 11 is 0. The molecule has 0 aromatic heterocycles. The highest BCUT2D eigenvalue weighted by Crippen LogP contribution is 2.13. The summed E-state index contributed by atoms with van der Waals surface area (Å²) in [6.07, 6.45) is 0. The quantitative estimate of drug-likeness (QED) is 0.572. The fourth-order valence-electron chi connectivity index (χ4n) is 2.09. The highest BCUT2D eigenvalue weighted by molar-refractivity contribution is 5.73. The second-order valence-electron chi connectivity index (χ2n) is 4.09. The first kappa shape index (κ1) is 9.89. The molecule has 80 valence electrons. The maximum atomic E-state index is 11.2. The van der Waals surface area contributed by atoms with Crippen LogP contribution in [0.4, 0.5) is 0 Å². The van der Waals surface area contributed by atoms with Crippen LogP contribution < -0.4 is 0 Å². The van der Waals surface area contributed by atoms with E-state index in [1.165, 1.54) is 0 Å². The molecule has 0 radical (unpaired) electrons. The number of nitrogens with zero attached hydrogens (tertiary/aromatic N) is 4. The van der Waals surface area contributed by atoms with Crippen LogP contribution in [0, 0.1) is 0 Å². The van der Waals surface area contributed by atoms with Gasteiger partial charge in [0.2, 0.25) is 5.91 Å². The highest BCUT2D eigenvalue weighted by atomic mass is 16.2. The SMILES string of the molecule is CCN1CN2CN(C1)CN(C(C)=O)C2. The number of hydrogen-bond donors (Lipinski definition) is 0. The topological polar surface area (TPSA) is 30.0 Å². The smallest absolute Gasteiger partial charge is 0.221 e. The Labute approximate surface area is 84.8 Å². The minimum Gasteiger partial charge on any atom is -0.317 e. The van der Waals surface area contributed by atoms with Crippen molar-refractivity contribution in [1.29, 1.82) is 0 Å². The third kappa shape index (κ3) is 1.89. The molecule has 2 fully saturated rings. The lowest BCUT2D eigenvalue weighted by Gasteiger charge is -2.49. The fourth-order valence-corrected chi connectivity index (χ4v) is 2.09. The molecule has 5 nitrogen and oxygen atoms in total. The van der Waals surface area contributed by atoms with Crippen molar-refractivity contribution in [2.45, 2.75) is 13.8 Å². The second kappa shape index (κ2) is 3.84. The molecular formula is C9H18N4O. The van der Waals surface area contributed by atoms with Crippen molar-refractivity contribution in [3.63, 3.8) is 0 Å². The number of carbonyl (C=O) groups is 1. The van der Waals surface area contributed by atoms with Gasteiger partial charge < -0.3 is 4.90 Å². The highest BCUT2D eigenvalue weighted by Gasteiger charge is 2.30. The average Bonchev–Trinajstić information content (AvgIpc) is 2.16. The minimum atomic E-state index is 0.171. The van der Waals surface area contributed by atoms with Crippen LogP contribution >= 0.6 is 0 Å². The number of fused-ring (bicyclic) bond motifs is 2. The van der Waals surface area contributed by atoms with Gasteiger partial charge in [0, 0.05) is 6.92 Å². The largest absolute Gasteiger partial charge is 0.317 e. The van der Waals surface area contributed by atoms with Crippen LogP contribution in [0.3, 0.4) is 0 Å². The van der Waals surface area contributed by atoms with E-state index in [9.17, 15) is 4.79 Å². The van der Waals surface area contributed by atoms with Gasteiger partial charge in [-0.1, -0.05) is 6.92 Å². The van der Waals surface area contributed by atoms with E-state index in [2.05, 4.69) is 21.6 Å². The van der Waals surface area contributed by atoms with Crippen LogP contribution in [-0.2, 0) is 4.79 Å². The van der Waals surface area contributed by atoms with Gasteiger partial charge in [-0.25, -0.2) is 0 Å². The molecule has 0 aromatic carbocycles. The van der Waals surface area contributed by atoms with Gasteiger partial charge in [-0.05, 0) is 6.54 Å². The first-order valence-electron chi connectivity index (χ1n) is 5.11. The van der Waals surface area contributed by atoms with Gasteiger partial charge in [-0.15, -0.1) is 0 Å². The lowest BCUT2D eigenvalue weighted by Crippen LogP contribution is -2.64. The molecule has 2 bridgehead atoms. The number of rotatable bonds is 1. The molecule has 2 atom stereocenters.